The molecule has 1 unspecified atom stereocenters. The molecule has 0 radical (unpaired) electrons. The van der Waals surface area contributed by atoms with Crippen molar-refractivity contribution in [1.29, 1.82) is 0 Å². The fourth-order valence-electron chi connectivity index (χ4n) is 3.63. The monoisotopic (exact) mass is 324 g/mol. The Morgan fingerprint density at radius 3 is 2.36 bits per heavy atom. The van der Waals surface area contributed by atoms with E-state index in [9.17, 15) is 4.39 Å². The first kappa shape index (κ1) is 17.6. The van der Waals surface area contributed by atoms with Crippen LogP contribution in [0.1, 0.15) is 37.3 Å². The van der Waals surface area contributed by atoms with Gasteiger partial charge in [-0.1, -0.05) is 13.0 Å². The van der Waals surface area contributed by atoms with Crippen molar-refractivity contribution in [1.82, 2.24) is 0 Å². The minimum absolute atomic E-state index is 0.168. The second-order valence-corrected chi connectivity index (χ2v) is 11.8. The highest BCUT2D eigenvalue weighted by Gasteiger charge is 2.43. The summed E-state index contributed by atoms with van der Waals surface area (Å²) in [7, 11) is -1.78. The molecule has 1 atom stereocenters. The van der Waals surface area contributed by atoms with Crippen LogP contribution < -0.4 is 0 Å². The molecule has 1 aromatic rings. The highest BCUT2D eigenvalue weighted by atomic mass is 28.4. The smallest absolute Gasteiger partial charge is 0.184 e. The molecular weight excluding hydrogens is 295 g/mol. The Hall–Kier alpha value is -0.713. The molecule has 124 valence electrons. The van der Waals surface area contributed by atoms with Crippen molar-refractivity contribution in [3.8, 4) is 0 Å². The summed E-state index contributed by atoms with van der Waals surface area (Å²) in [6.07, 6.45) is 2.83. The van der Waals surface area contributed by atoms with Crippen LogP contribution in [-0.4, -0.2) is 21.5 Å². The van der Waals surface area contributed by atoms with Crippen LogP contribution in [0.3, 0.4) is 0 Å². The maximum atomic E-state index is 14.0. The second kappa shape index (κ2) is 6.81. The molecule has 0 aromatic heterocycles. The molecule has 2 nitrogen and oxygen atoms in total. The van der Waals surface area contributed by atoms with Gasteiger partial charge in [-0.05, 0) is 75.0 Å². The van der Waals surface area contributed by atoms with Crippen molar-refractivity contribution in [2.24, 2.45) is 5.92 Å². The summed E-state index contributed by atoms with van der Waals surface area (Å²) in [6.45, 7) is 12.3. The van der Waals surface area contributed by atoms with Gasteiger partial charge in [-0.3, -0.25) is 0 Å². The van der Waals surface area contributed by atoms with Crippen LogP contribution >= 0.6 is 0 Å². The zero-order valence-electron chi connectivity index (χ0n) is 14.5. The molecule has 1 aliphatic heterocycles. The van der Waals surface area contributed by atoms with E-state index in [2.05, 4.69) is 32.6 Å². The molecule has 2 rings (SSSR count). The topological polar surface area (TPSA) is 18.5 Å². The summed E-state index contributed by atoms with van der Waals surface area (Å²) in [5.74, 6) is 0.221. The molecule has 1 aromatic carbocycles. The summed E-state index contributed by atoms with van der Waals surface area (Å²) < 4.78 is 26.3. The van der Waals surface area contributed by atoms with E-state index < -0.39 is 8.32 Å². The molecule has 0 bridgehead atoms. The van der Waals surface area contributed by atoms with Gasteiger partial charge in [0, 0.05) is 13.2 Å². The van der Waals surface area contributed by atoms with Gasteiger partial charge in [-0.2, -0.15) is 0 Å². The van der Waals surface area contributed by atoms with Gasteiger partial charge >= 0.3 is 0 Å². The van der Waals surface area contributed by atoms with Gasteiger partial charge in [0.1, 0.15) is 5.82 Å². The van der Waals surface area contributed by atoms with Crippen molar-refractivity contribution in [3.63, 3.8) is 0 Å². The normalized spacial score (nSPS) is 19.9. The molecule has 0 saturated carbocycles. The van der Waals surface area contributed by atoms with E-state index >= 15 is 0 Å². The van der Waals surface area contributed by atoms with E-state index in [0.29, 0.717) is 5.92 Å². The van der Waals surface area contributed by atoms with Crippen molar-refractivity contribution >= 4 is 8.32 Å². The summed E-state index contributed by atoms with van der Waals surface area (Å²) >= 11 is 0. The van der Waals surface area contributed by atoms with Crippen LogP contribution in [-0.2, 0) is 14.8 Å². The summed E-state index contributed by atoms with van der Waals surface area (Å²) in [5, 5.41) is 0. The van der Waals surface area contributed by atoms with Crippen LogP contribution in [0.25, 0.3) is 0 Å². The van der Waals surface area contributed by atoms with E-state index in [1.807, 2.05) is 6.92 Å². The molecule has 4 heteroatoms. The molecule has 0 spiro atoms. The van der Waals surface area contributed by atoms with Gasteiger partial charge in [0.25, 0.3) is 0 Å². The zero-order valence-corrected chi connectivity index (χ0v) is 15.5. The van der Waals surface area contributed by atoms with Gasteiger partial charge in [0.2, 0.25) is 0 Å². The van der Waals surface area contributed by atoms with Crippen molar-refractivity contribution in [3.05, 3.63) is 35.1 Å². The maximum Gasteiger partial charge on any atom is 0.184 e. The van der Waals surface area contributed by atoms with Crippen LogP contribution in [0.15, 0.2) is 18.2 Å². The first-order valence-electron chi connectivity index (χ1n) is 8.32. The molecule has 0 N–H and O–H groups in total. The average molecular weight is 325 g/mol. The lowest BCUT2D eigenvalue weighted by Gasteiger charge is -2.46. The molecule has 1 aliphatic rings. The van der Waals surface area contributed by atoms with Crippen molar-refractivity contribution < 1.29 is 13.6 Å². The Kier molecular flexibility index (Phi) is 5.46. The highest BCUT2D eigenvalue weighted by Crippen LogP contribution is 2.44. The molecule has 22 heavy (non-hydrogen) atoms. The lowest BCUT2D eigenvalue weighted by Crippen LogP contribution is -2.47. The maximum absolute atomic E-state index is 14.0. The molecule has 1 heterocycles. The third-order valence-electron chi connectivity index (χ3n) is 4.43. The molecule has 1 fully saturated rings. The van der Waals surface area contributed by atoms with Crippen LogP contribution in [0.4, 0.5) is 4.39 Å². The van der Waals surface area contributed by atoms with Crippen molar-refractivity contribution in [2.75, 3.05) is 13.2 Å². The Morgan fingerprint density at radius 2 is 1.86 bits per heavy atom. The number of benzene rings is 1. The fraction of sp³-hybridized carbons (Fsp3) is 0.667. The predicted octanol–water partition coefficient (Wildman–Crippen LogP) is 5.02. The highest BCUT2D eigenvalue weighted by molar-refractivity contribution is 6.69. The summed E-state index contributed by atoms with van der Waals surface area (Å²) in [6, 6.07) is 5.36. The third kappa shape index (κ3) is 3.97. The molecule has 0 amide bonds. The molecule has 1 saturated heterocycles. The quantitative estimate of drug-likeness (QED) is 0.708. The SMILES string of the molecule is CCC(O[Si](C)(C)C)(c1cc(C)cc(F)c1)C1CCOCC1. The first-order valence-corrected chi connectivity index (χ1v) is 11.7. The summed E-state index contributed by atoms with van der Waals surface area (Å²) in [4.78, 5) is 0. The zero-order chi connectivity index (χ0) is 16.4. The lowest BCUT2D eigenvalue weighted by molar-refractivity contribution is -0.0601. The Labute approximate surface area is 135 Å². The Balaban J connectivity index is 2.50. The van der Waals surface area contributed by atoms with Gasteiger partial charge in [0.05, 0.1) is 5.60 Å². The number of hydrogen-bond acceptors (Lipinski definition) is 2. The number of halogens is 1. The van der Waals surface area contributed by atoms with E-state index in [1.54, 1.807) is 12.1 Å². The fourth-order valence-corrected chi connectivity index (χ4v) is 5.16. The molecular formula is C18H29FO2Si. The molecule has 0 aliphatic carbocycles. The Morgan fingerprint density at radius 1 is 1.23 bits per heavy atom. The second-order valence-electron chi connectivity index (χ2n) is 7.36. The minimum Gasteiger partial charge on any atom is -0.408 e. The van der Waals surface area contributed by atoms with E-state index in [1.165, 1.54) is 0 Å². The van der Waals surface area contributed by atoms with Crippen LogP contribution in [0.2, 0.25) is 19.6 Å². The largest absolute Gasteiger partial charge is 0.408 e. The minimum atomic E-state index is -1.78. The number of aryl methyl sites for hydroxylation is 1. The number of ether oxygens (including phenoxy) is 1. The van der Waals surface area contributed by atoms with E-state index in [0.717, 1.165) is 43.6 Å². The standard InChI is InChI=1S/C18H29FO2Si/c1-6-18(21-22(3,4)5,15-7-9-20-10-8-15)16-11-14(2)12-17(19)13-16/h11-13,15H,6-10H2,1-5H3. The van der Waals surface area contributed by atoms with E-state index in [4.69, 9.17) is 9.16 Å². The lowest BCUT2D eigenvalue weighted by atomic mass is 9.75. The summed E-state index contributed by atoms with van der Waals surface area (Å²) in [5.41, 5.74) is 1.57. The predicted molar refractivity (Wildman–Crippen MR) is 91.1 cm³/mol. The van der Waals surface area contributed by atoms with Crippen LogP contribution in [0.5, 0.6) is 0 Å². The van der Waals surface area contributed by atoms with Gasteiger partial charge < -0.3 is 9.16 Å². The van der Waals surface area contributed by atoms with Gasteiger partial charge in [-0.15, -0.1) is 0 Å². The van der Waals surface area contributed by atoms with Crippen molar-refractivity contribution in [2.45, 2.75) is 58.4 Å². The third-order valence-corrected chi connectivity index (χ3v) is 5.40. The van der Waals surface area contributed by atoms with Gasteiger partial charge in [-0.25, -0.2) is 4.39 Å². The number of rotatable bonds is 5. The van der Waals surface area contributed by atoms with Crippen LogP contribution in [0, 0.1) is 18.7 Å². The van der Waals surface area contributed by atoms with Gasteiger partial charge in [0.15, 0.2) is 8.32 Å². The average Bonchev–Trinajstić information content (AvgIpc) is 2.43. The first-order chi connectivity index (χ1) is 10.3. The Bertz CT molecular complexity index is 486. The van der Waals surface area contributed by atoms with E-state index in [-0.39, 0.29) is 11.4 Å². The number of hydrogen-bond donors (Lipinski definition) is 0.